The van der Waals surface area contributed by atoms with Crippen molar-refractivity contribution in [3.05, 3.63) is 29.1 Å². The van der Waals surface area contributed by atoms with Gasteiger partial charge < -0.3 is 15.8 Å². The summed E-state index contributed by atoms with van der Waals surface area (Å²) in [6.07, 6.45) is 0. The summed E-state index contributed by atoms with van der Waals surface area (Å²) in [6.45, 7) is 6.82. The maximum absolute atomic E-state index is 13.8. The molecule has 0 spiro atoms. The summed E-state index contributed by atoms with van der Waals surface area (Å²) in [5, 5.41) is 2.69. The van der Waals surface area contributed by atoms with Crippen molar-refractivity contribution in [2.45, 2.75) is 33.7 Å². The third kappa shape index (κ3) is 4.73. The van der Waals surface area contributed by atoms with Crippen molar-refractivity contribution in [1.29, 1.82) is 0 Å². The van der Waals surface area contributed by atoms with Crippen LogP contribution in [0.3, 0.4) is 0 Å². The van der Waals surface area contributed by atoms with Crippen LogP contribution in [-0.4, -0.2) is 24.5 Å². The first kappa shape index (κ1) is 16.9. The first-order valence-electron chi connectivity index (χ1n) is 6.74. The number of esters is 1. The lowest BCUT2D eigenvalue weighted by Crippen LogP contribution is -2.38. The molecule has 0 aromatic heterocycles. The van der Waals surface area contributed by atoms with E-state index in [4.69, 9.17) is 10.5 Å². The fraction of sp³-hybridized carbons (Fsp3) is 0.467. The van der Waals surface area contributed by atoms with Gasteiger partial charge >= 0.3 is 5.97 Å². The van der Waals surface area contributed by atoms with E-state index in [0.717, 1.165) is 0 Å². The summed E-state index contributed by atoms with van der Waals surface area (Å²) in [7, 11) is 0. The summed E-state index contributed by atoms with van der Waals surface area (Å²) < 4.78 is 18.6. The number of amides is 1. The maximum Gasteiger partial charge on any atom is 0.341 e. The molecular weight excluding hydrogens is 275 g/mol. The monoisotopic (exact) mass is 296 g/mol. The Morgan fingerprint density at radius 1 is 1.33 bits per heavy atom. The predicted molar refractivity (Wildman–Crippen MR) is 78.3 cm³/mol. The van der Waals surface area contributed by atoms with Crippen LogP contribution >= 0.6 is 0 Å². The van der Waals surface area contributed by atoms with Crippen molar-refractivity contribution in [1.82, 2.24) is 5.32 Å². The third-order valence-corrected chi connectivity index (χ3v) is 3.22. The highest BCUT2D eigenvalue weighted by Crippen LogP contribution is 2.17. The van der Waals surface area contributed by atoms with Crippen LogP contribution < -0.4 is 11.1 Å². The zero-order valence-corrected chi connectivity index (χ0v) is 12.7. The van der Waals surface area contributed by atoms with Crippen molar-refractivity contribution in [3.8, 4) is 0 Å². The number of halogens is 1. The minimum absolute atomic E-state index is 0.0393. The Hall–Kier alpha value is -2.11. The maximum atomic E-state index is 13.8. The lowest BCUT2D eigenvalue weighted by Gasteiger charge is -2.17. The highest BCUT2D eigenvalue weighted by atomic mass is 19.1. The molecule has 1 aromatic carbocycles. The van der Waals surface area contributed by atoms with Gasteiger partial charge in [0.15, 0.2) is 6.61 Å². The number of nitrogen functional groups attached to an aromatic ring is 1. The summed E-state index contributed by atoms with van der Waals surface area (Å²) >= 11 is 0. The molecule has 0 radical (unpaired) electrons. The van der Waals surface area contributed by atoms with Gasteiger partial charge in [-0.2, -0.15) is 0 Å². The zero-order valence-electron chi connectivity index (χ0n) is 12.7. The quantitative estimate of drug-likeness (QED) is 0.643. The van der Waals surface area contributed by atoms with Gasteiger partial charge in [0.05, 0.1) is 5.56 Å². The van der Waals surface area contributed by atoms with E-state index in [1.165, 1.54) is 19.1 Å². The number of ether oxygens (including phenoxy) is 1. The molecule has 21 heavy (non-hydrogen) atoms. The van der Waals surface area contributed by atoms with Gasteiger partial charge in [-0.25, -0.2) is 9.18 Å². The van der Waals surface area contributed by atoms with E-state index < -0.39 is 24.3 Å². The highest BCUT2D eigenvalue weighted by Gasteiger charge is 2.18. The molecule has 1 amide bonds. The van der Waals surface area contributed by atoms with Gasteiger partial charge in [-0.15, -0.1) is 0 Å². The molecule has 0 saturated carbocycles. The van der Waals surface area contributed by atoms with E-state index in [2.05, 4.69) is 5.32 Å². The molecule has 0 aliphatic rings. The fourth-order valence-corrected chi connectivity index (χ4v) is 1.62. The van der Waals surface area contributed by atoms with E-state index in [9.17, 15) is 14.0 Å². The average molecular weight is 296 g/mol. The Kier molecular flexibility index (Phi) is 5.69. The standard InChI is InChI=1S/C15H21FN2O3/c1-8(2)10(4)18-13(19)7-21-15(20)12-6-11(17)5-9(3)14(12)16/h5-6,8,10H,7,17H2,1-4H3,(H,18,19). The van der Waals surface area contributed by atoms with Gasteiger partial charge in [0, 0.05) is 11.7 Å². The normalized spacial score (nSPS) is 12.1. The smallest absolute Gasteiger partial charge is 0.341 e. The molecule has 1 unspecified atom stereocenters. The van der Waals surface area contributed by atoms with Gasteiger partial charge in [-0.3, -0.25) is 4.79 Å². The summed E-state index contributed by atoms with van der Waals surface area (Å²) in [5.41, 5.74) is 5.81. The van der Waals surface area contributed by atoms with Crippen LogP contribution in [0.2, 0.25) is 0 Å². The van der Waals surface area contributed by atoms with E-state index >= 15 is 0 Å². The highest BCUT2D eigenvalue weighted by molar-refractivity contribution is 5.92. The second kappa shape index (κ2) is 7.06. The molecule has 1 rings (SSSR count). The Morgan fingerprint density at radius 2 is 1.95 bits per heavy atom. The summed E-state index contributed by atoms with van der Waals surface area (Å²) in [6, 6.07) is 2.57. The third-order valence-electron chi connectivity index (χ3n) is 3.22. The number of carbonyl (C=O) groups is 2. The van der Waals surface area contributed by atoms with Crippen LogP contribution in [0.25, 0.3) is 0 Å². The average Bonchev–Trinajstić information content (AvgIpc) is 2.39. The molecule has 0 fully saturated rings. The number of carbonyl (C=O) groups excluding carboxylic acids is 2. The van der Waals surface area contributed by atoms with Crippen molar-refractivity contribution < 1.29 is 18.7 Å². The largest absolute Gasteiger partial charge is 0.452 e. The second-order valence-corrected chi connectivity index (χ2v) is 5.38. The topological polar surface area (TPSA) is 81.4 Å². The molecule has 3 N–H and O–H groups in total. The lowest BCUT2D eigenvalue weighted by molar-refractivity contribution is -0.125. The zero-order chi connectivity index (χ0) is 16.2. The van der Waals surface area contributed by atoms with Crippen LogP contribution in [0.1, 0.15) is 36.7 Å². The SMILES string of the molecule is Cc1cc(N)cc(C(=O)OCC(=O)NC(C)C(C)C)c1F. The molecule has 0 bridgehead atoms. The van der Waals surface area contributed by atoms with Crippen molar-refractivity contribution >= 4 is 17.6 Å². The van der Waals surface area contributed by atoms with Crippen LogP contribution in [0.15, 0.2) is 12.1 Å². The van der Waals surface area contributed by atoms with E-state index in [1.54, 1.807) is 0 Å². The Morgan fingerprint density at radius 3 is 2.52 bits per heavy atom. The summed E-state index contributed by atoms with van der Waals surface area (Å²) in [5.74, 6) is -1.76. The number of aryl methyl sites for hydroxylation is 1. The Bertz CT molecular complexity index is 544. The number of hydrogen-bond acceptors (Lipinski definition) is 4. The van der Waals surface area contributed by atoms with Crippen LogP contribution in [0.4, 0.5) is 10.1 Å². The van der Waals surface area contributed by atoms with Crippen LogP contribution in [0.5, 0.6) is 0 Å². The first-order valence-corrected chi connectivity index (χ1v) is 6.74. The molecule has 1 atom stereocenters. The lowest BCUT2D eigenvalue weighted by atomic mass is 10.1. The number of rotatable bonds is 5. The summed E-state index contributed by atoms with van der Waals surface area (Å²) in [4.78, 5) is 23.4. The van der Waals surface area contributed by atoms with Gasteiger partial charge in [0.2, 0.25) is 0 Å². The number of benzene rings is 1. The minimum Gasteiger partial charge on any atom is -0.452 e. The van der Waals surface area contributed by atoms with E-state index in [0.29, 0.717) is 0 Å². The number of hydrogen-bond donors (Lipinski definition) is 2. The van der Waals surface area contributed by atoms with Crippen molar-refractivity contribution in [3.63, 3.8) is 0 Å². The fourth-order valence-electron chi connectivity index (χ4n) is 1.62. The molecule has 0 saturated heterocycles. The number of anilines is 1. The molecule has 0 heterocycles. The molecular formula is C15H21FN2O3. The van der Waals surface area contributed by atoms with Crippen LogP contribution in [0, 0.1) is 18.7 Å². The second-order valence-electron chi connectivity index (χ2n) is 5.38. The number of nitrogens with one attached hydrogen (secondary N) is 1. The Balaban J connectivity index is 2.65. The molecule has 116 valence electrons. The van der Waals surface area contributed by atoms with Gasteiger partial charge in [0.25, 0.3) is 5.91 Å². The van der Waals surface area contributed by atoms with E-state index in [-0.39, 0.29) is 28.8 Å². The van der Waals surface area contributed by atoms with Gasteiger partial charge in [0.1, 0.15) is 5.82 Å². The molecule has 5 nitrogen and oxygen atoms in total. The molecule has 6 heteroatoms. The molecule has 0 aliphatic carbocycles. The molecule has 0 aliphatic heterocycles. The van der Waals surface area contributed by atoms with Gasteiger partial charge in [-0.05, 0) is 37.5 Å². The van der Waals surface area contributed by atoms with Gasteiger partial charge in [-0.1, -0.05) is 13.8 Å². The van der Waals surface area contributed by atoms with E-state index in [1.807, 2.05) is 20.8 Å². The Labute approximate surface area is 123 Å². The van der Waals surface area contributed by atoms with Crippen molar-refractivity contribution in [2.24, 2.45) is 5.92 Å². The van der Waals surface area contributed by atoms with Crippen molar-refractivity contribution in [2.75, 3.05) is 12.3 Å². The molecule has 1 aromatic rings. The predicted octanol–water partition coefficient (Wildman–Crippen LogP) is 2.03. The number of nitrogens with two attached hydrogens (primary N) is 1. The first-order chi connectivity index (χ1) is 9.72. The minimum atomic E-state index is -0.907. The van der Waals surface area contributed by atoms with Crippen LogP contribution in [-0.2, 0) is 9.53 Å².